The first-order valence-electron chi connectivity index (χ1n) is 9.24. The predicted molar refractivity (Wildman–Crippen MR) is 113 cm³/mol. The fraction of sp³-hybridized carbons (Fsp3) is 0.353. The minimum Gasteiger partial charge on any atom is -0.496 e. The van der Waals surface area contributed by atoms with Crippen LogP contribution in [0.3, 0.4) is 0 Å². The normalized spacial score (nSPS) is 11.4. The molecule has 0 amide bonds. The Morgan fingerprint density at radius 1 is 1.16 bits per heavy atom. The standard InChI is InChI=1S/C17H20ClN11O2/c1-8-6-21-10(9(2)12(8)31-3)7-28-14-11(13(18)22-15(19)23-14)27(17(28)30)4-5-29-16(20)24-25-26-29/h6H,4-5,7H2,1-3H3,(H2,19,22,23)(H2,20,24,26). The van der Waals surface area contributed by atoms with Gasteiger partial charge >= 0.3 is 5.69 Å². The van der Waals surface area contributed by atoms with E-state index in [0.717, 1.165) is 11.1 Å². The number of pyridine rings is 1. The summed E-state index contributed by atoms with van der Waals surface area (Å²) in [5.41, 5.74) is 14.2. The van der Waals surface area contributed by atoms with Gasteiger partial charge in [-0.05, 0) is 24.3 Å². The van der Waals surface area contributed by atoms with E-state index in [-0.39, 0.29) is 42.4 Å². The van der Waals surface area contributed by atoms with Gasteiger partial charge in [0.15, 0.2) is 10.8 Å². The molecule has 4 aromatic rings. The number of aromatic nitrogens is 9. The van der Waals surface area contributed by atoms with Crippen LogP contribution in [-0.2, 0) is 19.6 Å². The molecule has 4 rings (SSSR count). The third-order valence-electron chi connectivity index (χ3n) is 4.98. The van der Waals surface area contributed by atoms with Crippen LogP contribution >= 0.6 is 11.6 Å². The Morgan fingerprint density at radius 2 is 1.94 bits per heavy atom. The van der Waals surface area contributed by atoms with Crippen LogP contribution in [0, 0.1) is 13.8 Å². The van der Waals surface area contributed by atoms with Crippen molar-refractivity contribution in [2.45, 2.75) is 33.5 Å². The second kappa shape index (κ2) is 7.83. The summed E-state index contributed by atoms with van der Waals surface area (Å²) in [6.07, 6.45) is 1.70. The maximum absolute atomic E-state index is 13.3. The van der Waals surface area contributed by atoms with Gasteiger partial charge in [0.2, 0.25) is 11.9 Å². The van der Waals surface area contributed by atoms with Gasteiger partial charge in [0, 0.05) is 23.9 Å². The number of nitrogen functional groups attached to an aromatic ring is 2. The summed E-state index contributed by atoms with van der Waals surface area (Å²) in [6.45, 7) is 4.36. The molecule has 0 unspecified atom stereocenters. The molecule has 4 heterocycles. The highest BCUT2D eigenvalue weighted by Gasteiger charge is 2.21. The van der Waals surface area contributed by atoms with Crippen LogP contribution in [0.5, 0.6) is 5.75 Å². The molecule has 162 valence electrons. The summed E-state index contributed by atoms with van der Waals surface area (Å²) in [5, 5.41) is 11.0. The van der Waals surface area contributed by atoms with E-state index in [0.29, 0.717) is 22.6 Å². The van der Waals surface area contributed by atoms with Crippen LogP contribution < -0.4 is 21.9 Å². The summed E-state index contributed by atoms with van der Waals surface area (Å²) in [7, 11) is 1.59. The number of ether oxygens (including phenoxy) is 1. The van der Waals surface area contributed by atoms with Gasteiger partial charge in [-0.15, -0.1) is 0 Å². The molecule has 31 heavy (non-hydrogen) atoms. The largest absolute Gasteiger partial charge is 0.496 e. The Bertz CT molecular complexity index is 1340. The third-order valence-corrected chi connectivity index (χ3v) is 5.24. The van der Waals surface area contributed by atoms with Gasteiger partial charge in [-0.3, -0.25) is 14.1 Å². The van der Waals surface area contributed by atoms with Gasteiger partial charge in [-0.1, -0.05) is 16.7 Å². The van der Waals surface area contributed by atoms with Gasteiger partial charge in [0.1, 0.15) is 11.3 Å². The molecule has 0 radical (unpaired) electrons. The molecule has 0 saturated carbocycles. The molecule has 0 aliphatic carbocycles. The molecule has 0 fully saturated rings. The fourth-order valence-electron chi connectivity index (χ4n) is 3.48. The summed E-state index contributed by atoms with van der Waals surface area (Å²) in [6, 6.07) is 0. The van der Waals surface area contributed by atoms with Crippen molar-refractivity contribution in [1.82, 2.24) is 44.3 Å². The zero-order valence-corrected chi connectivity index (χ0v) is 17.8. The number of tetrazole rings is 1. The van der Waals surface area contributed by atoms with E-state index >= 15 is 0 Å². The molecule has 4 N–H and O–H groups in total. The molecule has 4 aromatic heterocycles. The third kappa shape index (κ3) is 3.52. The monoisotopic (exact) mass is 445 g/mol. The number of aryl methyl sites for hydroxylation is 3. The molecular formula is C17H20ClN11O2. The smallest absolute Gasteiger partial charge is 0.330 e. The lowest BCUT2D eigenvalue weighted by molar-refractivity contribution is 0.406. The molecule has 0 aliphatic heterocycles. The number of halogens is 1. The van der Waals surface area contributed by atoms with E-state index in [1.54, 1.807) is 13.3 Å². The lowest BCUT2D eigenvalue weighted by atomic mass is 10.1. The average Bonchev–Trinajstić information content (AvgIpc) is 3.24. The highest BCUT2D eigenvalue weighted by Crippen LogP contribution is 2.26. The first-order chi connectivity index (χ1) is 14.8. The van der Waals surface area contributed by atoms with E-state index in [1.165, 1.54) is 13.8 Å². The topological polar surface area (TPSA) is 170 Å². The van der Waals surface area contributed by atoms with Crippen LogP contribution in [0.4, 0.5) is 11.9 Å². The molecule has 0 saturated heterocycles. The SMILES string of the molecule is COc1c(C)cnc(Cn2c(=O)n(CCn3nnnc3N)c3c(Cl)nc(N)nc32)c1C. The molecule has 0 atom stereocenters. The number of nitrogens with two attached hydrogens (primary N) is 2. The van der Waals surface area contributed by atoms with E-state index < -0.39 is 0 Å². The number of fused-ring (bicyclic) bond motifs is 1. The van der Waals surface area contributed by atoms with Gasteiger partial charge in [0.25, 0.3) is 0 Å². The maximum atomic E-state index is 13.3. The first-order valence-corrected chi connectivity index (χ1v) is 9.62. The van der Waals surface area contributed by atoms with Crippen molar-refractivity contribution in [3.63, 3.8) is 0 Å². The highest BCUT2D eigenvalue weighted by atomic mass is 35.5. The Hall–Kier alpha value is -3.74. The van der Waals surface area contributed by atoms with Crippen molar-refractivity contribution in [3.05, 3.63) is 38.7 Å². The predicted octanol–water partition coefficient (Wildman–Crippen LogP) is 0.166. The van der Waals surface area contributed by atoms with Gasteiger partial charge in [-0.2, -0.15) is 9.97 Å². The van der Waals surface area contributed by atoms with E-state index in [9.17, 15) is 4.79 Å². The first kappa shape index (κ1) is 20.5. The maximum Gasteiger partial charge on any atom is 0.330 e. The Morgan fingerprint density at radius 3 is 2.61 bits per heavy atom. The molecule has 14 heteroatoms. The number of imidazole rings is 1. The molecule has 0 bridgehead atoms. The summed E-state index contributed by atoms with van der Waals surface area (Å²) in [5.74, 6) is 0.803. The van der Waals surface area contributed by atoms with Crippen LogP contribution in [-0.4, -0.2) is 51.4 Å². The fourth-order valence-corrected chi connectivity index (χ4v) is 3.75. The lowest BCUT2D eigenvalue weighted by Crippen LogP contribution is -2.27. The summed E-state index contributed by atoms with van der Waals surface area (Å²) in [4.78, 5) is 26.1. The highest BCUT2D eigenvalue weighted by molar-refractivity contribution is 6.33. The number of methoxy groups -OCH3 is 1. The zero-order chi connectivity index (χ0) is 22.3. The Kier molecular flexibility index (Phi) is 5.19. The van der Waals surface area contributed by atoms with Crippen LogP contribution in [0.1, 0.15) is 16.8 Å². The van der Waals surface area contributed by atoms with Crippen molar-refractivity contribution in [2.75, 3.05) is 18.6 Å². The Balaban J connectivity index is 1.83. The van der Waals surface area contributed by atoms with Crippen molar-refractivity contribution in [1.29, 1.82) is 0 Å². The average molecular weight is 446 g/mol. The Labute approximate surface area is 180 Å². The van der Waals surface area contributed by atoms with Crippen LogP contribution in [0.25, 0.3) is 11.2 Å². The van der Waals surface area contributed by atoms with Gasteiger partial charge in [-0.25, -0.2) is 9.48 Å². The van der Waals surface area contributed by atoms with Crippen LogP contribution in [0.15, 0.2) is 11.0 Å². The number of hydrogen-bond donors (Lipinski definition) is 2. The molecule has 0 spiro atoms. The minimum absolute atomic E-state index is 0.0423. The van der Waals surface area contributed by atoms with Gasteiger partial charge in [0.05, 0.1) is 25.9 Å². The number of anilines is 2. The number of nitrogens with zero attached hydrogens (tertiary/aromatic N) is 9. The van der Waals surface area contributed by atoms with Crippen molar-refractivity contribution in [2.24, 2.45) is 0 Å². The van der Waals surface area contributed by atoms with Crippen LogP contribution in [0.2, 0.25) is 5.15 Å². The van der Waals surface area contributed by atoms with Gasteiger partial charge < -0.3 is 16.2 Å². The van der Waals surface area contributed by atoms with E-state index in [4.69, 9.17) is 27.8 Å². The number of rotatable bonds is 6. The zero-order valence-electron chi connectivity index (χ0n) is 17.1. The lowest BCUT2D eigenvalue weighted by Gasteiger charge is -2.12. The summed E-state index contributed by atoms with van der Waals surface area (Å²) >= 11 is 6.34. The van der Waals surface area contributed by atoms with Crippen molar-refractivity contribution >= 4 is 34.7 Å². The molecule has 13 nitrogen and oxygen atoms in total. The second-order valence-electron chi connectivity index (χ2n) is 6.87. The second-order valence-corrected chi connectivity index (χ2v) is 7.23. The van der Waals surface area contributed by atoms with Crippen molar-refractivity contribution < 1.29 is 4.74 Å². The van der Waals surface area contributed by atoms with Crippen molar-refractivity contribution in [3.8, 4) is 5.75 Å². The van der Waals surface area contributed by atoms with E-state index in [1.807, 2.05) is 13.8 Å². The minimum atomic E-state index is -0.357. The molecule has 0 aliphatic rings. The molecule has 0 aromatic carbocycles. The quantitative estimate of drug-likeness (QED) is 0.389. The van der Waals surface area contributed by atoms with E-state index in [2.05, 4.69) is 30.5 Å². The number of hydrogen-bond acceptors (Lipinski definition) is 10. The summed E-state index contributed by atoms with van der Waals surface area (Å²) < 4.78 is 9.74. The molecular weight excluding hydrogens is 426 g/mol.